The molecule has 0 radical (unpaired) electrons. The van der Waals surface area contributed by atoms with Gasteiger partial charge in [-0.25, -0.2) is 4.79 Å². The first-order valence-corrected chi connectivity index (χ1v) is 4.15. The Balaban J connectivity index is 3.75. The zero-order valence-electron chi connectivity index (χ0n) is 8.04. The molecule has 0 aromatic carbocycles. The van der Waals surface area contributed by atoms with E-state index in [1.54, 1.807) is 0 Å². The number of aliphatic hydroxyl groups excluding tert-OH is 1. The SMILES string of the molecule is COC(=O)/C=C/C#CC#CCCCO. The van der Waals surface area contributed by atoms with Gasteiger partial charge < -0.3 is 9.84 Å². The number of carbonyl (C=O) groups excluding carboxylic acids is 1. The van der Waals surface area contributed by atoms with Crippen molar-refractivity contribution in [2.24, 2.45) is 0 Å². The standard InChI is InChI=1S/C11H12O3/c1-14-11(13)9-7-5-3-2-4-6-8-10-12/h7,9,12H,6,8,10H2,1H3/b9-7+. The molecule has 3 nitrogen and oxygen atoms in total. The van der Waals surface area contributed by atoms with Gasteiger partial charge in [0.2, 0.25) is 0 Å². The van der Waals surface area contributed by atoms with E-state index in [-0.39, 0.29) is 6.61 Å². The molecule has 1 N–H and O–H groups in total. The predicted molar refractivity (Wildman–Crippen MR) is 53.0 cm³/mol. The molecule has 0 aliphatic rings. The summed E-state index contributed by atoms with van der Waals surface area (Å²) in [6.45, 7) is 0.143. The zero-order valence-corrected chi connectivity index (χ0v) is 8.04. The number of hydrogen-bond acceptors (Lipinski definition) is 3. The lowest BCUT2D eigenvalue weighted by atomic mass is 10.3. The molecule has 0 aromatic heterocycles. The highest BCUT2D eigenvalue weighted by molar-refractivity contribution is 5.82. The van der Waals surface area contributed by atoms with Crippen molar-refractivity contribution in [2.45, 2.75) is 12.8 Å². The fourth-order valence-electron chi connectivity index (χ4n) is 0.530. The Bertz CT molecular complexity index is 307. The topological polar surface area (TPSA) is 46.5 Å². The van der Waals surface area contributed by atoms with E-state index in [0.29, 0.717) is 12.8 Å². The largest absolute Gasteiger partial charge is 0.466 e. The van der Waals surface area contributed by atoms with Crippen LogP contribution < -0.4 is 0 Å². The lowest BCUT2D eigenvalue weighted by molar-refractivity contribution is -0.134. The molecular formula is C11H12O3. The summed E-state index contributed by atoms with van der Waals surface area (Å²) in [6.07, 6.45) is 3.90. The van der Waals surface area contributed by atoms with Crippen LogP contribution in [-0.4, -0.2) is 24.8 Å². The van der Waals surface area contributed by atoms with E-state index in [1.807, 2.05) is 0 Å². The molecule has 0 amide bonds. The molecule has 0 fully saturated rings. The quantitative estimate of drug-likeness (QED) is 0.306. The van der Waals surface area contributed by atoms with Gasteiger partial charge in [-0.3, -0.25) is 0 Å². The molecule has 0 aromatic rings. The molecule has 0 saturated carbocycles. The fourth-order valence-corrected chi connectivity index (χ4v) is 0.530. The first-order valence-electron chi connectivity index (χ1n) is 4.15. The van der Waals surface area contributed by atoms with Crippen LogP contribution >= 0.6 is 0 Å². The summed E-state index contributed by atoms with van der Waals surface area (Å²) in [4.78, 5) is 10.5. The van der Waals surface area contributed by atoms with E-state index < -0.39 is 5.97 Å². The Hall–Kier alpha value is -1.71. The van der Waals surface area contributed by atoms with Crippen LogP contribution in [0.25, 0.3) is 0 Å². The minimum atomic E-state index is -0.437. The van der Waals surface area contributed by atoms with Crippen LogP contribution in [-0.2, 0) is 9.53 Å². The lowest BCUT2D eigenvalue weighted by Gasteiger charge is -1.84. The van der Waals surface area contributed by atoms with Crippen molar-refractivity contribution in [1.29, 1.82) is 0 Å². The second kappa shape index (κ2) is 9.38. The number of hydrogen-bond donors (Lipinski definition) is 1. The summed E-state index contributed by atoms with van der Waals surface area (Å²) < 4.78 is 4.35. The molecule has 14 heavy (non-hydrogen) atoms. The smallest absolute Gasteiger partial charge is 0.331 e. The number of carbonyl (C=O) groups is 1. The van der Waals surface area contributed by atoms with E-state index in [2.05, 4.69) is 28.4 Å². The van der Waals surface area contributed by atoms with E-state index in [9.17, 15) is 4.79 Å². The highest BCUT2D eigenvalue weighted by atomic mass is 16.5. The highest BCUT2D eigenvalue weighted by Gasteiger charge is 1.85. The molecule has 0 rings (SSSR count). The molecule has 0 aliphatic heterocycles. The normalized spacial score (nSPS) is 8.43. The molecule has 0 heterocycles. The Labute approximate surface area is 83.8 Å². The summed E-state index contributed by atoms with van der Waals surface area (Å²) in [5.74, 6) is 10.0. The van der Waals surface area contributed by atoms with Gasteiger partial charge in [0.25, 0.3) is 0 Å². The van der Waals surface area contributed by atoms with Crippen molar-refractivity contribution in [3.8, 4) is 23.7 Å². The fraction of sp³-hybridized carbons (Fsp3) is 0.364. The first-order chi connectivity index (χ1) is 6.81. The molecule has 3 heteroatoms. The Morgan fingerprint density at radius 3 is 2.93 bits per heavy atom. The van der Waals surface area contributed by atoms with Crippen LogP contribution in [0, 0.1) is 23.7 Å². The summed E-state index contributed by atoms with van der Waals surface area (Å²) in [6, 6.07) is 0. The maximum atomic E-state index is 10.5. The number of allylic oxidation sites excluding steroid dienone is 1. The van der Waals surface area contributed by atoms with Gasteiger partial charge in [0, 0.05) is 19.1 Å². The molecule has 0 unspecified atom stereocenters. The lowest BCUT2D eigenvalue weighted by Crippen LogP contribution is -1.92. The number of ether oxygens (including phenoxy) is 1. The van der Waals surface area contributed by atoms with Crippen molar-refractivity contribution in [1.82, 2.24) is 0 Å². The summed E-state index contributed by atoms with van der Waals surface area (Å²) in [7, 11) is 1.30. The van der Waals surface area contributed by atoms with Crippen LogP contribution in [0.3, 0.4) is 0 Å². The molecule has 0 saturated heterocycles. The molecule has 0 spiro atoms. The zero-order chi connectivity index (χ0) is 10.6. The van der Waals surface area contributed by atoms with Gasteiger partial charge in [-0.2, -0.15) is 0 Å². The van der Waals surface area contributed by atoms with Gasteiger partial charge >= 0.3 is 5.97 Å². The number of esters is 1. The Kier molecular flexibility index (Phi) is 8.23. The summed E-state index contributed by atoms with van der Waals surface area (Å²) >= 11 is 0. The van der Waals surface area contributed by atoms with Crippen molar-refractivity contribution < 1.29 is 14.6 Å². The van der Waals surface area contributed by atoms with Gasteiger partial charge in [-0.05, 0) is 24.3 Å². The van der Waals surface area contributed by atoms with Crippen molar-refractivity contribution >= 4 is 5.97 Å². The van der Waals surface area contributed by atoms with E-state index in [4.69, 9.17) is 5.11 Å². The third kappa shape index (κ3) is 8.39. The maximum Gasteiger partial charge on any atom is 0.331 e. The predicted octanol–water partition coefficient (Wildman–Crippen LogP) is 0.495. The minimum Gasteiger partial charge on any atom is -0.466 e. The number of unbranched alkanes of at least 4 members (excludes halogenated alkanes) is 1. The highest BCUT2D eigenvalue weighted by Crippen LogP contribution is 1.81. The first kappa shape index (κ1) is 12.3. The number of methoxy groups -OCH3 is 1. The van der Waals surface area contributed by atoms with Gasteiger partial charge in [0.1, 0.15) is 0 Å². The maximum absolute atomic E-state index is 10.5. The average Bonchev–Trinajstić information content (AvgIpc) is 2.21. The monoisotopic (exact) mass is 192 g/mol. The molecular weight excluding hydrogens is 180 g/mol. The van der Waals surface area contributed by atoms with Crippen LogP contribution in [0.1, 0.15) is 12.8 Å². The van der Waals surface area contributed by atoms with E-state index in [0.717, 1.165) is 0 Å². The Morgan fingerprint density at radius 2 is 2.29 bits per heavy atom. The molecule has 74 valence electrons. The second-order valence-corrected chi connectivity index (χ2v) is 2.25. The minimum absolute atomic E-state index is 0.143. The van der Waals surface area contributed by atoms with Crippen molar-refractivity contribution in [3.63, 3.8) is 0 Å². The van der Waals surface area contributed by atoms with Crippen LogP contribution in [0.5, 0.6) is 0 Å². The van der Waals surface area contributed by atoms with Gasteiger partial charge in [0.15, 0.2) is 0 Å². The third-order valence-corrected chi connectivity index (χ3v) is 1.19. The summed E-state index contributed by atoms with van der Waals surface area (Å²) in [5.41, 5.74) is 0. The van der Waals surface area contributed by atoms with E-state index in [1.165, 1.54) is 19.3 Å². The molecule has 0 bridgehead atoms. The molecule has 0 atom stereocenters. The van der Waals surface area contributed by atoms with Gasteiger partial charge in [-0.1, -0.05) is 11.8 Å². The third-order valence-electron chi connectivity index (χ3n) is 1.19. The summed E-state index contributed by atoms with van der Waals surface area (Å²) in [5, 5.41) is 8.43. The Morgan fingerprint density at radius 1 is 1.50 bits per heavy atom. The number of rotatable bonds is 3. The van der Waals surface area contributed by atoms with Crippen LogP contribution in [0.4, 0.5) is 0 Å². The van der Waals surface area contributed by atoms with Crippen LogP contribution in [0.15, 0.2) is 12.2 Å². The van der Waals surface area contributed by atoms with Crippen LogP contribution in [0.2, 0.25) is 0 Å². The number of aliphatic hydroxyl groups is 1. The van der Waals surface area contributed by atoms with Gasteiger partial charge in [-0.15, -0.1) is 0 Å². The molecule has 0 aliphatic carbocycles. The van der Waals surface area contributed by atoms with Crippen molar-refractivity contribution in [2.75, 3.05) is 13.7 Å². The second-order valence-electron chi connectivity index (χ2n) is 2.25. The van der Waals surface area contributed by atoms with Crippen molar-refractivity contribution in [3.05, 3.63) is 12.2 Å². The van der Waals surface area contributed by atoms with Gasteiger partial charge in [0.05, 0.1) is 7.11 Å². The van der Waals surface area contributed by atoms with E-state index >= 15 is 0 Å². The average molecular weight is 192 g/mol.